The number of hydrogen-bond donors (Lipinski definition) is 4. The molecular weight excluding hydrogens is 244 g/mol. The molecule has 0 amide bonds. The molecule has 0 saturated heterocycles. The molecule has 0 aromatic carbocycles. The van der Waals surface area contributed by atoms with Crippen LogP contribution in [0.15, 0.2) is 4.79 Å². The van der Waals surface area contributed by atoms with Gasteiger partial charge in [0.1, 0.15) is 5.82 Å². The van der Waals surface area contributed by atoms with Crippen molar-refractivity contribution in [3.63, 3.8) is 0 Å². The monoisotopic (exact) mass is 264 g/mol. The summed E-state index contributed by atoms with van der Waals surface area (Å²) in [5.41, 5.74) is 12.1. The number of nitrogens with zero attached hydrogens (tertiary/aromatic N) is 2. The number of imidazole rings is 1. The Morgan fingerprint density at radius 3 is 2.58 bits per heavy atom. The highest BCUT2D eigenvalue weighted by molar-refractivity contribution is 5.70. The van der Waals surface area contributed by atoms with E-state index in [0.717, 1.165) is 6.42 Å². The van der Waals surface area contributed by atoms with Crippen molar-refractivity contribution in [3.05, 3.63) is 16.2 Å². The van der Waals surface area contributed by atoms with Crippen LogP contribution in [0.25, 0.3) is 11.2 Å². The Hall–Kier alpha value is -1.89. The van der Waals surface area contributed by atoms with Gasteiger partial charge in [-0.3, -0.25) is 9.78 Å². The van der Waals surface area contributed by atoms with Crippen molar-refractivity contribution in [1.82, 2.24) is 19.9 Å². The topological polar surface area (TPSA) is 126 Å². The van der Waals surface area contributed by atoms with Crippen LogP contribution in [0.2, 0.25) is 0 Å². The second-order valence-corrected chi connectivity index (χ2v) is 6.06. The van der Waals surface area contributed by atoms with Crippen molar-refractivity contribution in [3.8, 4) is 0 Å². The van der Waals surface area contributed by atoms with Gasteiger partial charge in [-0.1, -0.05) is 20.8 Å². The van der Waals surface area contributed by atoms with Crippen LogP contribution in [0.1, 0.15) is 33.0 Å². The molecule has 0 aliphatic rings. The molecule has 2 aromatic heterocycles. The fraction of sp³-hybridized carbons (Fsp3) is 0.583. The first kappa shape index (κ1) is 13.5. The fourth-order valence-electron chi connectivity index (χ4n) is 2.18. The van der Waals surface area contributed by atoms with Gasteiger partial charge in [-0.2, -0.15) is 4.98 Å². The molecular formula is C12H20N6O. The standard InChI is InChI=1S/C12H20N6O/c1-12(2,3)5-6(13)4-7-15-8-9(16-7)17-11(14)18-10(8)19/h6H,4-5,13H2,1-3H3,(H4,14,15,16,17,18,19). The Labute approximate surface area is 110 Å². The van der Waals surface area contributed by atoms with Gasteiger partial charge in [0.05, 0.1) is 0 Å². The van der Waals surface area contributed by atoms with Crippen LogP contribution >= 0.6 is 0 Å². The van der Waals surface area contributed by atoms with E-state index in [0.29, 0.717) is 23.4 Å². The smallest absolute Gasteiger partial charge is 0.278 e. The van der Waals surface area contributed by atoms with E-state index in [1.807, 2.05) is 0 Å². The van der Waals surface area contributed by atoms with E-state index in [2.05, 4.69) is 40.7 Å². The average molecular weight is 264 g/mol. The zero-order valence-corrected chi connectivity index (χ0v) is 11.4. The van der Waals surface area contributed by atoms with Gasteiger partial charge in [-0.25, -0.2) is 4.98 Å². The molecule has 2 aromatic rings. The third-order valence-electron chi connectivity index (χ3n) is 2.76. The van der Waals surface area contributed by atoms with Crippen LogP contribution in [0.3, 0.4) is 0 Å². The summed E-state index contributed by atoms with van der Waals surface area (Å²) in [4.78, 5) is 25.3. The van der Waals surface area contributed by atoms with E-state index in [-0.39, 0.29) is 23.0 Å². The number of rotatable bonds is 3. The molecule has 0 spiro atoms. The minimum atomic E-state index is -0.314. The Balaban J connectivity index is 2.23. The molecule has 2 heterocycles. The first-order valence-corrected chi connectivity index (χ1v) is 6.24. The normalized spacial score (nSPS) is 13.9. The van der Waals surface area contributed by atoms with E-state index < -0.39 is 0 Å². The number of nitrogens with one attached hydrogen (secondary N) is 2. The van der Waals surface area contributed by atoms with Crippen molar-refractivity contribution >= 4 is 17.1 Å². The van der Waals surface area contributed by atoms with Gasteiger partial charge in [0, 0.05) is 12.5 Å². The number of nitrogen functional groups attached to an aromatic ring is 1. The summed E-state index contributed by atoms with van der Waals surface area (Å²) >= 11 is 0. The number of nitrogens with two attached hydrogens (primary N) is 2. The summed E-state index contributed by atoms with van der Waals surface area (Å²) in [6.07, 6.45) is 1.45. The van der Waals surface area contributed by atoms with Crippen LogP contribution in [-0.4, -0.2) is 26.0 Å². The van der Waals surface area contributed by atoms with Gasteiger partial charge in [-0.05, 0) is 11.8 Å². The van der Waals surface area contributed by atoms with E-state index in [9.17, 15) is 4.79 Å². The molecule has 0 aliphatic carbocycles. The summed E-state index contributed by atoms with van der Waals surface area (Å²) in [6.45, 7) is 6.41. The number of H-pyrrole nitrogens is 2. The lowest BCUT2D eigenvalue weighted by Gasteiger charge is -2.22. The molecule has 19 heavy (non-hydrogen) atoms. The summed E-state index contributed by atoms with van der Waals surface area (Å²) in [5, 5.41) is 0. The van der Waals surface area contributed by atoms with Gasteiger partial charge in [0.2, 0.25) is 5.95 Å². The lowest BCUT2D eigenvalue weighted by molar-refractivity contribution is 0.337. The molecule has 0 aliphatic heterocycles. The van der Waals surface area contributed by atoms with Crippen LogP contribution in [-0.2, 0) is 6.42 Å². The predicted octanol–water partition coefficient (Wildman–Crippen LogP) is 0.534. The summed E-state index contributed by atoms with van der Waals surface area (Å²) < 4.78 is 0. The van der Waals surface area contributed by atoms with Crippen molar-refractivity contribution in [2.45, 2.75) is 39.7 Å². The average Bonchev–Trinajstić information content (AvgIpc) is 2.56. The number of aromatic nitrogens is 4. The Morgan fingerprint density at radius 2 is 1.95 bits per heavy atom. The number of anilines is 1. The molecule has 1 unspecified atom stereocenters. The van der Waals surface area contributed by atoms with Crippen LogP contribution in [0.5, 0.6) is 0 Å². The van der Waals surface area contributed by atoms with Crippen molar-refractivity contribution in [2.24, 2.45) is 11.1 Å². The molecule has 0 radical (unpaired) electrons. The number of hydrogen-bond acceptors (Lipinski definition) is 5. The van der Waals surface area contributed by atoms with E-state index >= 15 is 0 Å². The molecule has 1 atom stereocenters. The summed E-state index contributed by atoms with van der Waals surface area (Å²) in [7, 11) is 0. The Bertz CT molecular complexity index is 636. The zero-order valence-electron chi connectivity index (χ0n) is 11.4. The van der Waals surface area contributed by atoms with Crippen LogP contribution in [0.4, 0.5) is 5.95 Å². The molecule has 0 bridgehead atoms. The fourth-order valence-corrected chi connectivity index (χ4v) is 2.18. The van der Waals surface area contributed by atoms with Gasteiger partial charge < -0.3 is 16.5 Å². The lowest BCUT2D eigenvalue weighted by atomic mass is 9.87. The number of fused-ring (bicyclic) bond motifs is 1. The van der Waals surface area contributed by atoms with Crippen molar-refractivity contribution < 1.29 is 0 Å². The predicted molar refractivity (Wildman–Crippen MR) is 74.7 cm³/mol. The minimum Gasteiger partial charge on any atom is -0.369 e. The largest absolute Gasteiger partial charge is 0.369 e. The summed E-state index contributed by atoms with van der Waals surface area (Å²) in [5.74, 6) is 0.727. The quantitative estimate of drug-likeness (QED) is 0.643. The summed E-state index contributed by atoms with van der Waals surface area (Å²) in [6, 6.07) is -0.0167. The SMILES string of the molecule is CC(C)(C)CC(N)Cc1nc2nc(N)[nH]c(=O)c2[nH]1. The molecule has 0 saturated carbocycles. The molecule has 0 fully saturated rings. The van der Waals surface area contributed by atoms with Gasteiger partial charge in [-0.15, -0.1) is 0 Å². The third-order valence-corrected chi connectivity index (χ3v) is 2.76. The van der Waals surface area contributed by atoms with Gasteiger partial charge >= 0.3 is 0 Å². The number of aromatic amines is 2. The molecule has 7 nitrogen and oxygen atoms in total. The van der Waals surface area contributed by atoms with E-state index in [4.69, 9.17) is 11.5 Å². The molecule has 6 N–H and O–H groups in total. The lowest BCUT2D eigenvalue weighted by Crippen LogP contribution is -2.28. The Kier molecular flexibility index (Phi) is 3.32. The van der Waals surface area contributed by atoms with Crippen molar-refractivity contribution in [2.75, 3.05) is 5.73 Å². The highest BCUT2D eigenvalue weighted by Crippen LogP contribution is 2.21. The maximum absolute atomic E-state index is 11.6. The van der Waals surface area contributed by atoms with Gasteiger partial charge in [0.25, 0.3) is 5.56 Å². The minimum absolute atomic E-state index is 0.0167. The maximum Gasteiger partial charge on any atom is 0.278 e. The van der Waals surface area contributed by atoms with Crippen LogP contribution in [0, 0.1) is 5.41 Å². The second kappa shape index (κ2) is 4.65. The maximum atomic E-state index is 11.6. The zero-order chi connectivity index (χ0) is 14.2. The van der Waals surface area contributed by atoms with Crippen molar-refractivity contribution in [1.29, 1.82) is 0 Å². The first-order chi connectivity index (χ1) is 8.74. The van der Waals surface area contributed by atoms with Gasteiger partial charge in [0.15, 0.2) is 11.2 Å². The second-order valence-electron chi connectivity index (χ2n) is 6.06. The third kappa shape index (κ3) is 3.31. The Morgan fingerprint density at radius 1 is 1.26 bits per heavy atom. The highest BCUT2D eigenvalue weighted by Gasteiger charge is 2.18. The van der Waals surface area contributed by atoms with Crippen LogP contribution < -0.4 is 17.0 Å². The molecule has 104 valence electrons. The first-order valence-electron chi connectivity index (χ1n) is 6.24. The van der Waals surface area contributed by atoms with E-state index in [1.54, 1.807) is 0 Å². The molecule has 7 heteroatoms. The van der Waals surface area contributed by atoms with E-state index in [1.165, 1.54) is 0 Å². The molecule has 2 rings (SSSR count). The highest BCUT2D eigenvalue weighted by atomic mass is 16.1.